The Bertz CT molecular complexity index is 902. The van der Waals surface area contributed by atoms with Crippen LogP contribution >= 0.6 is 0 Å². The molecule has 0 atom stereocenters. The summed E-state index contributed by atoms with van der Waals surface area (Å²) in [5.74, 6) is 1.36. The lowest BCUT2D eigenvalue weighted by Gasteiger charge is -2.32. The number of carbonyl (C=O) groups is 1. The Labute approximate surface area is 161 Å². The van der Waals surface area contributed by atoms with E-state index >= 15 is 0 Å². The lowest BCUT2D eigenvalue weighted by molar-refractivity contribution is -0.133. The fourth-order valence-corrected chi connectivity index (χ4v) is 4.33. The summed E-state index contributed by atoms with van der Waals surface area (Å²) < 4.78 is 0. The van der Waals surface area contributed by atoms with Crippen LogP contribution in [0.1, 0.15) is 55.8 Å². The molecular weight excluding hydrogens is 336 g/mol. The second kappa shape index (κ2) is 7.49. The molecule has 2 aromatic rings. The molecule has 1 N–H and O–H groups in total. The van der Waals surface area contributed by atoms with E-state index in [1.165, 1.54) is 5.56 Å². The molecular formula is C23H30N2O2. The van der Waals surface area contributed by atoms with E-state index in [0.717, 1.165) is 80.2 Å². The van der Waals surface area contributed by atoms with Crippen molar-refractivity contribution in [2.75, 3.05) is 13.1 Å². The number of pyridine rings is 1. The predicted molar refractivity (Wildman–Crippen MR) is 109 cm³/mol. The topological polar surface area (TPSA) is 53.2 Å². The first-order valence-corrected chi connectivity index (χ1v) is 10.5. The Morgan fingerprint density at radius 3 is 2.59 bits per heavy atom. The van der Waals surface area contributed by atoms with Crippen LogP contribution in [0.2, 0.25) is 0 Å². The Morgan fingerprint density at radius 1 is 1.19 bits per heavy atom. The van der Waals surface area contributed by atoms with Crippen molar-refractivity contribution in [3.63, 3.8) is 0 Å². The molecule has 27 heavy (non-hydrogen) atoms. The molecule has 0 bridgehead atoms. The summed E-state index contributed by atoms with van der Waals surface area (Å²) in [6, 6.07) is 6.17. The second-order valence-electron chi connectivity index (χ2n) is 8.37. The summed E-state index contributed by atoms with van der Waals surface area (Å²) in [7, 11) is 0. The highest BCUT2D eigenvalue weighted by atomic mass is 16.2. The zero-order valence-electron chi connectivity index (χ0n) is 16.5. The van der Waals surface area contributed by atoms with Crippen molar-refractivity contribution < 1.29 is 4.79 Å². The number of piperidine rings is 1. The monoisotopic (exact) mass is 366 g/mol. The lowest BCUT2D eigenvalue weighted by atomic mass is 9.90. The Morgan fingerprint density at radius 2 is 1.93 bits per heavy atom. The largest absolute Gasteiger partial charge is 0.358 e. The molecule has 2 heterocycles. The fraction of sp³-hybridized carbons (Fsp3) is 0.565. The number of fused-ring (bicyclic) bond motifs is 1. The third kappa shape index (κ3) is 3.80. The molecule has 1 aromatic heterocycles. The van der Waals surface area contributed by atoms with Gasteiger partial charge in [0.25, 0.3) is 0 Å². The number of likely N-dealkylation sites (tertiary alicyclic amines) is 1. The van der Waals surface area contributed by atoms with Crippen LogP contribution < -0.4 is 5.43 Å². The molecule has 2 fully saturated rings. The Kier molecular flexibility index (Phi) is 5.07. The van der Waals surface area contributed by atoms with Gasteiger partial charge < -0.3 is 9.88 Å². The summed E-state index contributed by atoms with van der Waals surface area (Å²) in [6.45, 7) is 5.88. The van der Waals surface area contributed by atoms with Crippen molar-refractivity contribution in [1.82, 2.24) is 9.88 Å². The van der Waals surface area contributed by atoms with Gasteiger partial charge in [-0.05, 0) is 75.5 Å². The number of aryl methyl sites for hydroxylation is 2. The van der Waals surface area contributed by atoms with E-state index in [1.807, 2.05) is 19.1 Å². The zero-order chi connectivity index (χ0) is 19.0. The minimum atomic E-state index is 0.166. The average Bonchev–Trinajstić information content (AvgIpc) is 3.54. The molecule has 2 aliphatic rings. The van der Waals surface area contributed by atoms with Gasteiger partial charge in [-0.3, -0.25) is 9.59 Å². The highest BCUT2D eigenvalue weighted by Gasteiger charge is 2.34. The van der Waals surface area contributed by atoms with Crippen molar-refractivity contribution >= 4 is 16.8 Å². The third-order valence-corrected chi connectivity index (χ3v) is 6.47. The number of aromatic amines is 1. The number of benzene rings is 1. The third-order valence-electron chi connectivity index (χ3n) is 6.47. The summed E-state index contributed by atoms with van der Waals surface area (Å²) in [5.41, 5.74) is 4.25. The second-order valence-corrected chi connectivity index (χ2v) is 8.37. The average molecular weight is 367 g/mol. The van der Waals surface area contributed by atoms with Crippen LogP contribution in [-0.2, 0) is 17.6 Å². The number of H-pyrrole nitrogens is 1. The van der Waals surface area contributed by atoms with E-state index < -0.39 is 0 Å². The first kappa shape index (κ1) is 18.3. The number of aromatic nitrogens is 1. The number of hydrogen-bond acceptors (Lipinski definition) is 2. The zero-order valence-corrected chi connectivity index (χ0v) is 16.5. The van der Waals surface area contributed by atoms with Gasteiger partial charge in [-0.15, -0.1) is 0 Å². The molecule has 144 valence electrons. The van der Waals surface area contributed by atoms with Crippen LogP contribution in [0.15, 0.2) is 23.0 Å². The van der Waals surface area contributed by atoms with Gasteiger partial charge in [0.15, 0.2) is 5.43 Å². The highest BCUT2D eigenvalue weighted by molar-refractivity contribution is 5.81. The van der Waals surface area contributed by atoms with Crippen LogP contribution in [0.3, 0.4) is 0 Å². The van der Waals surface area contributed by atoms with Crippen LogP contribution in [-0.4, -0.2) is 28.9 Å². The Balaban J connectivity index is 1.41. The van der Waals surface area contributed by atoms with Gasteiger partial charge in [0.1, 0.15) is 0 Å². The molecule has 4 rings (SSSR count). The standard InChI is InChI=1S/C23H30N2O2/c1-3-16-4-9-21-19(14-16)22(26)15(2)20(24-21)8-5-17-10-12-25(13-11-17)23(27)18-6-7-18/h4,9,14,17-18H,3,5-8,10-13H2,1-2H3,(H,24,26). The summed E-state index contributed by atoms with van der Waals surface area (Å²) in [5, 5.41) is 0.808. The van der Waals surface area contributed by atoms with E-state index in [1.54, 1.807) is 0 Å². The van der Waals surface area contributed by atoms with Gasteiger partial charge in [-0.1, -0.05) is 13.0 Å². The smallest absolute Gasteiger partial charge is 0.225 e. The van der Waals surface area contributed by atoms with Crippen molar-refractivity contribution in [3.05, 3.63) is 45.2 Å². The van der Waals surface area contributed by atoms with E-state index in [0.29, 0.717) is 17.7 Å². The van der Waals surface area contributed by atoms with Gasteiger partial charge in [-0.2, -0.15) is 0 Å². The Hall–Kier alpha value is -2.10. The molecule has 1 aliphatic carbocycles. The van der Waals surface area contributed by atoms with Gasteiger partial charge in [0.2, 0.25) is 5.91 Å². The molecule has 0 radical (unpaired) electrons. The molecule has 1 saturated carbocycles. The van der Waals surface area contributed by atoms with E-state index in [2.05, 4.69) is 22.9 Å². The number of hydrogen-bond donors (Lipinski definition) is 1. The molecule has 4 nitrogen and oxygen atoms in total. The van der Waals surface area contributed by atoms with Gasteiger partial charge >= 0.3 is 0 Å². The number of rotatable bonds is 5. The predicted octanol–water partition coefficient (Wildman–Crippen LogP) is 3.98. The lowest BCUT2D eigenvalue weighted by Crippen LogP contribution is -2.39. The van der Waals surface area contributed by atoms with E-state index in [4.69, 9.17) is 0 Å². The summed E-state index contributed by atoms with van der Waals surface area (Å²) in [4.78, 5) is 30.6. The van der Waals surface area contributed by atoms with Crippen LogP contribution in [0.4, 0.5) is 0 Å². The molecule has 0 unspecified atom stereocenters. The molecule has 0 spiro atoms. The van der Waals surface area contributed by atoms with Crippen molar-refractivity contribution in [3.8, 4) is 0 Å². The molecule has 1 aromatic carbocycles. The minimum Gasteiger partial charge on any atom is -0.358 e. The quantitative estimate of drug-likeness (QED) is 0.870. The van der Waals surface area contributed by atoms with Crippen molar-refractivity contribution in [2.45, 2.75) is 58.8 Å². The number of nitrogens with zero attached hydrogens (tertiary/aromatic N) is 1. The number of nitrogens with one attached hydrogen (secondary N) is 1. The van der Waals surface area contributed by atoms with Crippen molar-refractivity contribution in [1.29, 1.82) is 0 Å². The molecule has 1 amide bonds. The highest BCUT2D eigenvalue weighted by Crippen LogP contribution is 2.33. The maximum atomic E-state index is 12.8. The summed E-state index contributed by atoms with van der Waals surface area (Å²) >= 11 is 0. The fourth-order valence-electron chi connectivity index (χ4n) is 4.33. The van der Waals surface area contributed by atoms with E-state index in [9.17, 15) is 9.59 Å². The number of carbonyl (C=O) groups excluding carboxylic acids is 1. The first-order valence-electron chi connectivity index (χ1n) is 10.5. The number of amides is 1. The molecule has 1 aliphatic heterocycles. The van der Waals surface area contributed by atoms with Crippen LogP contribution in [0.5, 0.6) is 0 Å². The molecule has 4 heteroatoms. The normalized spacial score (nSPS) is 18.2. The van der Waals surface area contributed by atoms with Gasteiger partial charge in [0.05, 0.1) is 0 Å². The van der Waals surface area contributed by atoms with Gasteiger partial charge in [-0.25, -0.2) is 0 Å². The van der Waals surface area contributed by atoms with Crippen LogP contribution in [0, 0.1) is 18.8 Å². The first-order chi connectivity index (χ1) is 13.1. The maximum Gasteiger partial charge on any atom is 0.225 e. The van der Waals surface area contributed by atoms with E-state index in [-0.39, 0.29) is 5.43 Å². The van der Waals surface area contributed by atoms with Crippen LogP contribution in [0.25, 0.3) is 10.9 Å². The molecule has 1 saturated heterocycles. The minimum absolute atomic E-state index is 0.166. The maximum absolute atomic E-state index is 12.8. The summed E-state index contributed by atoms with van der Waals surface area (Å²) in [6.07, 6.45) is 7.30. The van der Waals surface area contributed by atoms with Gasteiger partial charge in [0, 0.05) is 41.2 Å². The van der Waals surface area contributed by atoms with Crippen molar-refractivity contribution in [2.24, 2.45) is 11.8 Å². The SMILES string of the molecule is CCc1ccc2[nH]c(CCC3CCN(C(=O)C4CC4)CC3)c(C)c(=O)c2c1.